The van der Waals surface area contributed by atoms with Gasteiger partial charge in [0.25, 0.3) is 0 Å². The molecular formula is C15H10N2OS. The van der Waals surface area contributed by atoms with E-state index in [9.17, 15) is 4.79 Å². The van der Waals surface area contributed by atoms with Gasteiger partial charge in [-0.25, -0.2) is 0 Å². The van der Waals surface area contributed by atoms with Crippen LogP contribution < -0.4 is 4.87 Å². The van der Waals surface area contributed by atoms with Crippen LogP contribution >= 0.6 is 11.3 Å². The minimum atomic E-state index is 0.0397. The Morgan fingerprint density at radius 1 is 1.16 bits per heavy atom. The lowest BCUT2D eigenvalue weighted by Gasteiger charge is -2.03. The molecule has 0 radical (unpaired) electrons. The standard InChI is InChI=1S/C15H10N2OS/c1-17-13-8-12(5-6-14(13)19-15(17)18)11-4-2-3-10(7-11)9-16/h2-8H,1H3. The largest absolute Gasteiger partial charge is 0.307 e. The van der Waals surface area contributed by atoms with Gasteiger partial charge in [0, 0.05) is 7.05 Å². The summed E-state index contributed by atoms with van der Waals surface area (Å²) in [5.41, 5.74) is 3.56. The number of hydrogen-bond donors (Lipinski definition) is 0. The molecule has 0 saturated heterocycles. The summed E-state index contributed by atoms with van der Waals surface area (Å²) in [6.45, 7) is 0. The summed E-state index contributed by atoms with van der Waals surface area (Å²) in [5.74, 6) is 0. The first kappa shape index (κ1) is 11.7. The third kappa shape index (κ3) is 1.94. The van der Waals surface area contributed by atoms with Crippen molar-refractivity contribution in [2.24, 2.45) is 7.05 Å². The molecule has 0 aliphatic heterocycles. The zero-order chi connectivity index (χ0) is 13.4. The van der Waals surface area contributed by atoms with Crippen molar-refractivity contribution in [2.75, 3.05) is 0 Å². The molecule has 0 amide bonds. The summed E-state index contributed by atoms with van der Waals surface area (Å²) in [6, 6.07) is 15.5. The Labute approximate surface area is 114 Å². The minimum absolute atomic E-state index is 0.0397. The average Bonchev–Trinajstić information content (AvgIpc) is 2.74. The third-order valence-electron chi connectivity index (χ3n) is 3.12. The van der Waals surface area contributed by atoms with E-state index in [0.717, 1.165) is 21.3 Å². The van der Waals surface area contributed by atoms with E-state index in [2.05, 4.69) is 6.07 Å². The molecule has 3 rings (SSSR count). The molecule has 0 unspecified atom stereocenters. The van der Waals surface area contributed by atoms with E-state index in [1.807, 2.05) is 36.4 Å². The summed E-state index contributed by atoms with van der Waals surface area (Å²) in [6.07, 6.45) is 0. The van der Waals surface area contributed by atoms with Crippen molar-refractivity contribution in [1.82, 2.24) is 4.57 Å². The zero-order valence-corrected chi connectivity index (χ0v) is 11.1. The zero-order valence-electron chi connectivity index (χ0n) is 10.3. The Bertz CT molecular complexity index is 868. The maximum absolute atomic E-state index is 11.6. The fraction of sp³-hybridized carbons (Fsp3) is 0.0667. The van der Waals surface area contributed by atoms with E-state index in [4.69, 9.17) is 5.26 Å². The van der Waals surface area contributed by atoms with Crippen LogP contribution in [0.3, 0.4) is 0 Å². The molecule has 0 fully saturated rings. The molecule has 1 aromatic heterocycles. The van der Waals surface area contributed by atoms with Gasteiger partial charge in [-0.1, -0.05) is 29.5 Å². The van der Waals surface area contributed by atoms with Gasteiger partial charge >= 0.3 is 4.87 Å². The maximum Gasteiger partial charge on any atom is 0.307 e. The molecule has 0 aliphatic rings. The lowest BCUT2D eigenvalue weighted by molar-refractivity contribution is 0.939. The molecule has 1 heterocycles. The van der Waals surface area contributed by atoms with Crippen LogP contribution in [0.5, 0.6) is 0 Å². The molecule has 0 aliphatic carbocycles. The summed E-state index contributed by atoms with van der Waals surface area (Å²) in [7, 11) is 1.77. The van der Waals surface area contributed by atoms with Crippen molar-refractivity contribution in [2.45, 2.75) is 0 Å². The average molecular weight is 266 g/mol. The van der Waals surface area contributed by atoms with Crippen molar-refractivity contribution in [3.05, 3.63) is 57.7 Å². The monoisotopic (exact) mass is 266 g/mol. The predicted octanol–water partition coefficient (Wildman–Crippen LogP) is 3.14. The van der Waals surface area contributed by atoms with Gasteiger partial charge in [0.15, 0.2) is 0 Å². The van der Waals surface area contributed by atoms with Gasteiger partial charge in [-0.05, 0) is 35.4 Å². The van der Waals surface area contributed by atoms with E-state index in [-0.39, 0.29) is 4.87 Å². The lowest BCUT2D eigenvalue weighted by Crippen LogP contribution is -2.06. The van der Waals surface area contributed by atoms with Gasteiger partial charge in [-0.15, -0.1) is 0 Å². The lowest BCUT2D eigenvalue weighted by atomic mass is 10.0. The fourth-order valence-electron chi connectivity index (χ4n) is 2.07. The number of rotatable bonds is 1. The number of aryl methyl sites for hydroxylation is 1. The van der Waals surface area contributed by atoms with Crippen LogP contribution in [0, 0.1) is 11.3 Å². The van der Waals surface area contributed by atoms with Gasteiger partial charge in [-0.3, -0.25) is 4.79 Å². The summed E-state index contributed by atoms with van der Waals surface area (Å²) in [4.78, 5) is 11.7. The Balaban J connectivity index is 2.23. The Kier molecular flexibility index (Phi) is 2.69. The number of aromatic nitrogens is 1. The van der Waals surface area contributed by atoms with Crippen molar-refractivity contribution in [3.8, 4) is 17.2 Å². The van der Waals surface area contributed by atoms with Crippen LogP contribution in [0.1, 0.15) is 5.56 Å². The molecule has 0 bridgehead atoms. The molecule has 4 heteroatoms. The van der Waals surface area contributed by atoms with Crippen LogP contribution in [0.15, 0.2) is 47.3 Å². The van der Waals surface area contributed by atoms with Crippen LogP contribution in [-0.2, 0) is 7.05 Å². The normalized spacial score (nSPS) is 10.5. The molecule has 0 atom stereocenters. The Hall–Kier alpha value is -2.38. The van der Waals surface area contributed by atoms with Crippen LogP contribution in [-0.4, -0.2) is 4.57 Å². The first-order chi connectivity index (χ1) is 9.19. The number of thiazole rings is 1. The van der Waals surface area contributed by atoms with E-state index < -0.39 is 0 Å². The number of hydrogen-bond acceptors (Lipinski definition) is 3. The molecule has 0 spiro atoms. The van der Waals surface area contributed by atoms with E-state index in [1.165, 1.54) is 11.3 Å². The highest BCUT2D eigenvalue weighted by Gasteiger charge is 2.06. The first-order valence-electron chi connectivity index (χ1n) is 5.79. The number of fused-ring (bicyclic) bond motifs is 1. The van der Waals surface area contributed by atoms with Gasteiger partial charge in [0.1, 0.15) is 0 Å². The molecule has 0 N–H and O–H groups in total. The number of benzene rings is 2. The second-order valence-corrected chi connectivity index (χ2v) is 5.30. The fourth-order valence-corrected chi connectivity index (χ4v) is 2.93. The predicted molar refractivity (Wildman–Crippen MR) is 77.2 cm³/mol. The molecule has 92 valence electrons. The number of nitrogens with zero attached hydrogens (tertiary/aromatic N) is 2. The molecule has 0 saturated carbocycles. The highest BCUT2D eigenvalue weighted by Crippen LogP contribution is 2.26. The van der Waals surface area contributed by atoms with Gasteiger partial charge in [0.2, 0.25) is 0 Å². The SMILES string of the molecule is Cn1c(=O)sc2ccc(-c3cccc(C#N)c3)cc21. The van der Waals surface area contributed by atoms with E-state index in [1.54, 1.807) is 17.7 Å². The topological polar surface area (TPSA) is 45.8 Å². The van der Waals surface area contributed by atoms with Crippen LogP contribution in [0.4, 0.5) is 0 Å². The molecule has 3 aromatic rings. The minimum Gasteiger partial charge on any atom is -0.302 e. The van der Waals surface area contributed by atoms with E-state index in [0.29, 0.717) is 5.56 Å². The second kappa shape index (κ2) is 4.38. The smallest absolute Gasteiger partial charge is 0.302 e. The molecule has 3 nitrogen and oxygen atoms in total. The van der Waals surface area contributed by atoms with E-state index >= 15 is 0 Å². The van der Waals surface area contributed by atoms with Crippen molar-refractivity contribution in [1.29, 1.82) is 5.26 Å². The summed E-state index contributed by atoms with van der Waals surface area (Å²) < 4.78 is 2.63. The number of nitriles is 1. The summed E-state index contributed by atoms with van der Waals surface area (Å²) in [5, 5.41) is 8.93. The third-order valence-corrected chi connectivity index (χ3v) is 4.13. The van der Waals surface area contributed by atoms with Crippen molar-refractivity contribution >= 4 is 21.6 Å². The molecular weight excluding hydrogens is 256 g/mol. The first-order valence-corrected chi connectivity index (χ1v) is 6.61. The highest BCUT2D eigenvalue weighted by molar-refractivity contribution is 7.16. The van der Waals surface area contributed by atoms with Gasteiger partial charge in [-0.2, -0.15) is 5.26 Å². The van der Waals surface area contributed by atoms with Gasteiger partial charge < -0.3 is 4.57 Å². The maximum atomic E-state index is 11.6. The second-order valence-electron chi connectivity index (χ2n) is 4.30. The molecule has 19 heavy (non-hydrogen) atoms. The Morgan fingerprint density at radius 2 is 1.95 bits per heavy atom. The summed E-state index contributed by atoms with van der Waals surface area (Å²) >= 11 is 1.25. The molecule has 2 aromatic carbocycles. The Morgan fingerprint density at radius 3 is 2.74 bits per heavy atom. The quantitative estimate of drug-likeness (QED) is 0.679. The van der Waals surface area contributed by atoms with Crippen molar-refractivity contribution < 1.29 is 0 Å². The highest BCUT2D eigenvalue weighted by atomic mass is 32.1. The van der Waals surface area contributed by atoms with Crippen LogP contribution in [0.2, 0.25) is 0 Å². The van der Waals surface area contributed by atoms with Crippen LogP contribution in [0.25, 0.3) is 21.3 Å². The van der Waals surface area contributed by atoms with Crippen molar-refractivity contribution in [3.63, 3.8) is 0 Å². The van der Waals surface area contributed by atoms with Gasteiger partial charge in [0.05, 0.1) is 21.8 Å².